The van der Waals surface area contributed by atoms with Gasteiger partial charge in [-0.05, 0) is 19.8 Å². The molecule has 53 heavy (non-hydrogen) atoms. The fourth-order valence-electron chi connectivity index (χ4n) is 6.20. The van der Waals surface area contributed by atoms with Gasteiger partial charge < -0.3 is 48.7 Å². The first-order chi connectivity index (χ1) is 24.5. The number of carbonyl (C=O) groups excluding carboxylic acids is 3. The second-order valence-corrected chi connectivity index (χ2v) is 16.0. The van der Waals surface area contributed by atoms with Crippen LogP contribution in [0.1, 0.15) is 54.7 Å². The van der Waals surface area contributed by atoms with Gasteiger partial charge in [0, 0.05) is 26.7 Å². The second kappa shape index (κ2) is 15.1. The molecule has 0 bridgehead atoms. The fourth-order valence-corrected chi connectivity index (χ4v) is 8.36. The first-order valence-corrected chi connectivity index (χ1v) is 19.0. The summed E-state index contributed by atoms with van der Waals surface area (Å²) in [4.78, 5) is 68.6. The minimum absolute atomic E-state index is 0.0274. The van der Waals surface area contributed by atoms with Crippen molar-refractivity contribution in [2.24, 2.45) is 11.8 Å². The maximum atomic E-state index is 16.6. The third-order valence-electron chi connectivity index (χ3n) is 8.54. The highest BCUT2D eigenvalue weighted by Gasteiger charge is 2.65. The molecule has 0 amide bonds. The van der Waals surface area contributed by atoms with Gasteiger partial charge in [-0.3, -0.25) is 28.0 Å². The fraction of sp³-hybridized carbons (Fsp3) is 0.714. The molecule has 3 aliphatic rings. The van der Waals surface area contributed by atoms with E-state index in [1.54, 1.807) is 13.8 Å². The molecule has 4 N–H and O–H groups in total. The molecule has 2 aromatic rings. The largest absolute Gasteiger partial charge is 0.483 e. The lowest BCUT2D eigenvalue weighted by atomic mass is 9.81. The number of nitrogens with zero attached hydrogens (tertiary/aromatic N) is 4. The van der Waals surface area contributed by atoms with Crippen LogP contribution in [0.25, 0.3) is 11.2 Å². The Bertz CT molecular complexity index is 1820. The summed E-state index contributed by atoms with van der Waals surface area (Å²) in [5.41, 5.74) is 6.18. The Morgan fingerprint density at radius 2 is 1.72 bits per heavy atom. The van der Waals surface area contributed by atoms with Crippen LogP contribution in [0.15, 0.2) is 12.7 Å². The van der Waals surface area contributed by atoms with Crippen molar-refractivity contribution in [3.63, 3.8) is 0 Å². The zero-order valence-corrected chi connectivity index (χ0v) is 31.2. The molecule has 3 fully saturated rings. The van der Waals surface area contributed by atoms with Gasteiger partial charge in [-0.25, -0.2) is 28.5 Å². The molecule has 5 heterocycles. The van der Waals surface area contributed by atoms with Crippen LogP contribution >= 0.6 is 15.6 Å². The maximum absolute atomic E-state index is 16.6. The Kier molecular flexibility index (Phi) is 11.7. The number of halogens is 1. The van der Waals surface area contributed by atoms with E-state index in [4.69, 9.17) is 47.9 Å². The average molecular weight is 800 g/mol. The normalized spacial score (nSPS) is 33.7. The predicted octanol–water partition coefficient (Wildman–Crippen LogP) is 1.80. The third kappa shape index (κ3) is 9.19. The van der Waals surface area contributed by atoms with Crippen LogP contribution in [0.5, 0.6) is 0 Å². The van der Waals surface area contributed by atoms with E-state index < -0.39 is 113 Å². The number of ether oxygens (including phenoxy) is 7. The second-order valence-electron chi connectivity index (χ2n) is 13.0. The van der Waals surface area contributed by atoms with Gasteiger partial charge in [-0.15, -0.1) is 0 Å². The number of aromatic nitrogens is 4. The average Bonchev–Trinajstić information content (AvgIpc) is 3.68. The van der Waals surface area contributed by atoms with Crippen LogP contribution in [-0.2, 0) is 70.0 Å². The number of carbonyl (C=O) groups is 3. The molecule has 2 aromatic heterocycles. The van der Waals surface area contributed by atoms with Crippen molar-refractivity contribution in [2.45, 2.75) is 103 Å². The number of alkyl halides is 1. The van der Waals surface area contributed by atoms with Crippen LogP contribution in [-0.4, -0.2) is 109 Å². The Labute approximate surface area is 300 Å². The molecule has 3 aliphatic heterocycles. The minimum atomic E-state index is -5.74. The monoisotopic (exact) mass is 799 g/mol. The van der Waals surface area contributed by atoms with E-state index in [-0.39, 0.29) is 17.0 Å². The smallest absolute Gasteiger partial charge is 0.462 e. The molecular formula is C28H40FN5O17P2. The van der Waals surface area contributed by atoms with Crippen molar-refractivity contribution < 1.29 is 84.2 Å². The quantitative estimate of drug-likeness (QED) is 0.148. The van der Waals surface area contributed by atoms with Crippen LogP contribution in [0.2, 0.25) is 0 Å². The lowest BCUT2D eigenvalue weighted by molar-refractivity contribution is -0.271. The molecule has 6 unspecified atom stereocenters. The standard InChI is InChI=1S/C28H40FN5O17P2/c1-12-13(2)20(45-16(5)37)26(46-19(12)17(44-15(4)36)8-42-14(3)35)50-53(40,41)51-52(38,39)43-9-28(29)22-21(47-27(6,7)48-22)25(49-28)34-11-33-18-23(30)31-10-32-24(18)34/h10-13,17,19-22,25-26H,8-9H2,1-7H3,(H,38,39)(H,40,41)(H2,30,31,32)/t12-,13-,17+,19?,20?,21-,22?,25+,26-,28?/m0/s1. The molecule has 0 spiro atoms. The number of fused-ring (bicyclic) bond motifs is 2. The number of nitrogens with two attached hydrogens (primary N) is 1. The molecule has 296 valence electrons. The van der Waals surface area contributed by atoms with Crippen LogP contribution in [0.4, 0.5) is 10.2 Å². The summed E-state index contributed by atoms with van der Waals surface area (Å²) in [7, 11) is -11.5. The van der Waals surface area contributed by atoms with Crippen molar-refractivity contribution in [3.05, 3.63) is 12.7 Å². The lowest BCUT2D eigenvalue weighted by Gasteiger charge is -2.45. The van der Waals surface area contributed by atoms with Gasteiger partial charge in [0.05, 0.1) is 6.33 Å². The van der Waals surface area contributed by atoms with Crippen LogP contribution < -0.4 is 5.73 Å². The highest BCUT2D eigenvalue weighted by Crippen LogP contribution is 2.62. The number of hydrogen-bond donors (Lipinski definition) is 3. The first kappa shape index (κ1) is 41.0. The Hall–Kier alpha value is -3.21. The van der Waals surface area contributed by atoms with Gasteiger partial charge in [0.25, 0.3) is 5.85 Å². The number of anilines is 1. The predicted molar refractivity (Wildman–Crippen MR) is 170 cm³/mol. The SMILES string of the molecule is CC(=O)OC[C@@H](OC(C)=O)C1O[C@@H](OP(=O)(O)OP(=O)(O)OCC2(F)O[C@@H](n3cnc4c(N)ncnc43)[C@H]3OC(C)(C)OC32)C(OC(C)=O)[C@@H](C)[C@@H]1C. The summed E-state index contributed by atoms with van der Waals surface area (Å²) >= 11 is 0. The topological polar surface area (TPSA) is 288 Å². The molecule has 3 saturated heterocycles. The lowest BCUT2D eigenvalue weighted by Crippen LogP contribution is -2.56. The molecule has 0 aromatic carbocycles. The van der Waals surface area contributed by atoms with Gasteiger partial charge >= 0.3 is 33.6 Å². The zero-order valence-electron chi connectivity index (χ0n) is 29.4. The highest BCUT2D eigenvalue weighted by atomic mass is 31.3. The van der Waals surface area contributed by atoms with Crippen molar-refractivity contribution in [1.29, 1.82) is 0 Å². The molecular weight excluding hydrogens is 759 g/mol. The summed E-state index contributed by atoms with van der Waals surface area (Å²) < 4.78 is 97.1. The Morgan fingerprint density at radius 3 is 2.36 bits per heavy atom. The number of hydrogen-bond acceptors (Lipinski definition) is 19. The van der Waals surface area contributed by atoms with E-state index >= 15 is 4.39 Å². The van der Waals surface area contributed by atoms with E-state index in [0.29, 0.717) is 0 Å². The number of nitrogen functional groups attached to an aromatic ring is 1. The van der Waals surface area contributed by atoms with Gasteiger partial charge in [0.2, 0.25) is 6.29 Å². The number of phosphoric ester groups is 2. The highest BCUT2D eigenvalue weighted by molar-refractivity contribution is 7.61. The molecule has 25 heteroatoms. The number of esters is 3. The van der Waals surface area contributed by atoms with Crippen LogP contribution in [0, 0.1) is 11.8 Å². The summed E-state index contributed by atoms with van der Waals surface area (Å²) in [5, 5.41) is 0. The summed E-state index contributed by atoms with van der Waals surface area (Å²) in [5.74, 6) is -8.13. The van der Waals surface area contributed by atoms with Gasteiger partial charge in [0.15, 0.2) is 41.8 Å². The van der Waals surface area contributed by atoms with Gasteiger partial charge in [0.1, 0.15) is 37.3 Å². The van der Waals surface area contributed by atoms with Gasteiger partial charge in [-0.1, -0.05) is 13.8 Å². The van der Waals surface area contributed by atoms with Crippen molar-refractivity contribution in [1.82, 2.24) is 19.5 Å². The molecule has 0 aliphatic carbocycles. The van der Waals surface area contributed by atoms with Crippen LogP contribution in [0.3, 0.4) is 0 Å². The molecule has 22 nitrogen and oxygen atoms in total. The number of phosphoric acid groups is 2. The summed E-state index contributed by atoms with van der Waals surface area (Å²) in [6.45, 7) is 7.48. The van der Waals surface area contributed by atoms with Gasteiger partial charge in [-0.2, -0.15) is 4.31 Å². The van der Waals surface area contributed by atoms with E-state index in [0.717, 1.165) is 27.1 Å². The van der Waals surface area contributed by atoms with Crippen molar-refractivity contribution in [3.8, 4) is 0 Å². The van der Waals surface area contributed by atoms with E-state index in [2.05, 4.69) is 19.3 Å². The van der Waals surface area contributed by atoms with Crippen molar-refractivity contribution >= 4 is 50.5 Å². The van der Waals surface area contributed by atoms with E-state index in [9.17, 15) is 33.3 Å². The number of rotatable bonds is 13. The molecule has 12 atom stereocenters. The zero-order chi connectivity index (χ0) is 39.3. The third-order valence-corrected chi connectivity index (χ3v) is 11.1. The molecule has 5 rings (SSSR count). The number of imidazole rings is 1. The Morgan fingerprint density at radius 1 is 1.02 bits per heavy atom. The molecule has 0 radical (unpaired) electrons. The molecule has 0 saturated carbocycles. The first-order valence-electron chi connectivity index (χ1n) is 16.0. The summed E-state index contributed by atoms with van der Waals surface area (Å²) in [6, 6.07) is 0. The minimum Gasteiger partial charge on any atom is -0.462 e. The summed E-state index contributed by atoms with van der Waals surface area (Å²) in [6.07, 6.45) is -7.64. The Balaban J connectivity index is 1.33. The van der Waals surface area contributed by atoms with E-state index in [1.807, 2.05) is 0 Å². The van der Waals surface area contributed by atoms with Crippen molar-refractivity contribution in [2.75, 3.05) is 18.9 Å². The maximum Gasteiger partial charge on any atom is 0.483 e. The van der Waals surface area contributed by atoms with E-state index in [1.165, 1.54) is 24.7 Å².